The number of rotatable bonds is 4. The summed E-state index contributed by atoms with van der Waals surface area (Å²) in [5.41, 5.74) is 3.43. The van der Waals surface area contributed by atoms with Gasteiger partial charge in [0.2, 0.25) is 0 Å². The molecular weight excluding hydrogens is 248 g/mol. The van der Waals surface area contributed by atoms with Crippen LogP contribution in [0.3, 0.4) is 0 Å². The van der Waals surface area contributed by atoms with Crippen molar-refractivity contribution in [3.05, 3.63) is 60.3 Å². The van der Waals surface area contributed by atoms with Crippen molar-refractivity contribution in [2.24, 2.45) is 0 Å². The normalized spacial score (nSPS) is 12.4. The van der Waals surface area contributed by atoms with Crippen molar-refractivity contribution >= 4 is 16.6 Å². The first-order valence-electron chi connectivity index (χ1n) is 6.89. The van der Waals surface area contributed by atoms with E-state index in [2.05, 4.69) is 41.5 Å². The summed E-state index contributed by atoms with van der Waals surface area (Å²) >= 11 is 0. The highest BCUT2D eigenvalue weighted by Crippen LogP contribution is 2.26. The minimum absolute atomic E-state index is 0.243. The van der Waals surface area contributed by atoms with Crippen molar-refractivity contribution in [3.8, 4) is 5.75 Å². The highest BCUT2D eigenvalue weighted by molar-refractivity contribution is 5.83. The van der Waals surface area contributed by atoms with E-state index in [-0.39, 0.29) is 6.04 Å². The molecule has 0 radical (unpaired) electrons. The lowest BCUT2D eigenvalue weighted by atomic mass is 10.0. The molecule has 3 N–H and O–H groups in total. The average Bonchev–Trinajstić information content (AvgIpc) is 2.93. The van der Waals surface area contributed by atoms with Gasteiger partial charge in [0.05, 0.1) is 6.04 Å². The molecule has 0 aliphatic heterocycles. The van der Waals surface area contributed by atoms with E-state index >= 15 is 0 Å². The maximum absolute atomic E-state index is 9.37. The highest BCUT2D eigenvalue weighted by Gasteiger charge is 2.09. The van der Waals surface area contributed by atoms with Crippen molar-refractivity contribution in [2.75, 3.05) is 5.32 Å². The molecule has 0 spiro atoms. The first-order valence-corrected chi connectivity index (χ1v) is 6.89. The molecule has 0 aliphatic rings. The zero-order chi connectivity index (χ0) is 13.9. The van der Waals surface area contributed by atoms with Gasteiger partial charge in [0, 0.05) is 22.8 Å². The Morgan fingerprint density at radius 2 is 1.90 bits per heavy atom. The van der Waals surface area contributed by atoms with Gasteiger partial charge in [0.15, 0.2) is 0 Å². The number of nitrogens with one attached hydrogen (secondary N) is 2. The van der Waals surface area contributed by atoms with E-state index in [9.17, 15) is 5.11 Å². The van der Waals surface area contributed by atoms with E-state index in [0.717, 1.165) is 17.6 Å². The van der Waals surface area contributed by atoms with Crippen LogP contribution < -0.4 is 5.32 Å². The molecule has 0 bridgehead atoms. The number of benzene rings is 2. The van der Waals surface area contributed by atoms with E-state index < -0.39 is 0 Å². The third kappa shape index (κ3) is 2.48. The van der Waals surface area contributed by atoms with E-state index in [4.69, 9.17) is 0 Å². The fourth-order valence-electron chi connectivity index (χ4n) is 2.47. The Morgan fingerprint density at radius 3 is 2.65 bits per heavy atom. The van der Waals surface area contributed by atoms with E-state index in [0.29, 0.717) is 5.75 Å². The zero-order valence-electron chi connectivity index (χ0n) is 11.4. The van der Waals surface area contributed by atoms with Crippen LogP contribution in [0.2, 0.25) is 0 Å². The number of H-pyrrole nitrogens is 1. The van der Waals surface area contributed by atoms with E-state index in [1.807, 2.05) is 18.3 Å². The smallest absolute Gasteiger partial charge is 0.115 e. The third-order valence-electron chi connectivity index (χ3n) is 3.60. The molecule has 3 heteroatoms. The molecule has 1 aromatic heterocycles. The molecule has 1 unspecified atom stereocenters. The van der Waals surface area contributed by atoms with Gasteiger partial charge in [-0.05, 0) is 48.4 Å². The van der Waals surface area contributed by atoms with Crippen molar-refractivity contribution in [1.29, 1.82) is 0 Å². The van der Waals surface area contributed by atoms with E-state index in [1.54, 1.807) is 12.1 Å². The lowest BCUT2D eigenvalue weighted by Crippen LogP contribution is -2.09. The van der Waals surface area contributed by atoms with Gasteiger partial charge in [-0.25, -0.2) is 0 Å². The Bertz CT molecular complexity index is 700. The van der Waals surface area contributed by atoms with Gasteiger partial charge in [-0.15, -0.1) is 0 Å². The predicted octanol–water partition coefficient (Wildman–Crippen LogP) is 4.44. The Morgan fingerprint density at radius 1 is 1.10 bits per heavy atom. The summed E-state index contributed by atoms with van der Waals surface area (Å²) in [6.45, 7) is 2.15. The number of aromatic amines is 1. The number of phenolic OH excluding ortho intramolecular Hbond substituents is 1. The minimum atomic E-state index is 0.243. The standard InChI is InChI=1S/C17H18N2O/c1-2-16(12-3-6-15(20)7-4-12)19-14-5-8-17-13(11-14)9-10-18-17/h3-11,16,18-20H,2H2,1H3. The van der Waals surface area contributed by atoms with Crippen molar-refractivity contribution < 1.29 is 5.11 Å². The minimum Gasteiger partial charge on any atom is -0.508 e. The summed E-state index contributed by atoms with van der Waals surface area (Å²) in [5.74, 6) is 0.303. The topological polar surface area (TPSA) is 48.0 Å². The summed E-state index contributed by atoms with van der Waals surface area (Å²) in [7, 11) is 0. The summed E-state index contributed by atoms with van der Waals surface area (Å²) in [5, 5.41) is 14.1. The molecule has 3 nitrogen and oxygen atoms in total. The number of fused-ring (bicyclic) bond motifs is 1. The van der Waals surface area contributed by atoms with Gasteiger partial charge in [0.25, 0.3) is 0 Å². The Labute approximate surface area is 118 Å². The molecule has 0 aliphatic carbocycles. The van der Waals surface area contributed by atoms with E-state index in [1.165, 1.54) is 10.9 Å². The molecule has 1 heterocycles. The fraction of sp³-hybridized carbons (Fsp3) is 0.176. The van der Waals surface area contributed by atoms with Gasteiger partial charge < -0.3 is 15.4 Å². The van der Waals surface area contributed by atoms with Crippen molar-refractivity contribution in [2.45, 2.75) is 19.4 Å². The fourth-order valence-corrected chi connectivity index (χ4v) is 2.47. The molecule has 0 saturated carbocycles. The van der Waals surface area contributed by atoms with Crippen LogP contribution in [0, 0.1) is 0 Å². The van der Waals surface area contributed by atoms with Gasteiger partial charge in [0.1, 0.15) is 5.75 Å². The summed E-state index contributed by atoms with van der Waals surface area (Å²) in [6.07, 6.45) is 2.93. The maximum Gasteiger partial charge on any atom is 0.115 e. The maximum atomic E-state index is 9.37. The van der Waals surface area contributed by atoms with Crippen LogP contribution in [-0.4, -0.2) is 10.1 Å². The van der Waals surface area contributed by atoms with Gasteiger partial charge in [-0.2, -0.15) is 0 Å². The summed E-state index contributed by atoms with van der Waals surface area (Å²) in [4.78, 5) is 3.20. The molecular formula is C17H18N2O. The van der Waals surface area contributed by atoms with Crippen LogP contribution in [-0.2, 0) is 0 Å². The molecule has 102 valence electrons. The van der Waals surface area contributed by atoms with Crippen LogP contribution in [0.1, 0.15) is 24.9 Å². The highest BCUT2D eigenvalue weighted by atomic mass is 16.3. The first kappa shape index (κ1) is 12.6. The molecule has 2 aromatic carbocycles. The molecule has 0 saturated heterocycles. The number of hydrogen-bond donors (Lipinski definition) is 3. The molecule has 0 amide bonds. The van der Waals surface area contributed by atoms with Crippen LogP contribution >= 0.6 is 0 Å². The zero-order valence-corrected chi connectivity index (χ0v) is 11.4. The van der Waals surface area contributed by atoms with Crippen molar-refractivity contribution in [3.63, 3.8) is 0 Å². The van der Waals surface area contributed by atoms with Crippen LogP contribution in [0.4, 0.5) is 5.69 Å². The van der Waals surface area contributed by atoms with Crippen molar-refractivity contribution in [1.82, 2.24) is 4.98 Å². The van der Waals surface area contributed by atoms with Gasteiger partial charge >= 0.3 is 0 Å². The molecule has 3 aromatic rings. The summed E-state index contributed by atoms with van der Waals surface area (Å²) in [6, 6.07) is 16.0. The van der Waals surface area contributed by atoms with Gasteiger partial charge in [-0.3, -0.25) is 0 Å². The SMILES string of the molecule is CCC(Nc1ccc2[nH]ccc2c1)c1ccc(O)cc1. The predicted molar refractivity (Wildman–Crippen MR) is 83.1 cm³/mol. The Kier molecular flexibility index (Phi) is 3.33. The monoisotopic (exact) mass is 266 g/mol. The second-order valence-electron chi connectivity index (χ2n) is 4.98. The van der Waals surface area contributed by atoms with Gasteiger partial charge in [-0.1, -0.05) is 19.1 Å². The second-order valence-corrected chi connectivity index (χ2v) is 4.98. The van der Waals surface area contributed by atoms with Crippen LogP contribution in [0.25, 0.3) is 10.9 Å². The number of hydrogen-bond acceptors (Lipinski definition) is 2. The largest absolute Gasteiger partial charge is 0.508 e. The number of anilines is 1. The quantitative estimate of drug-likeness (QED) is 0.654. The molecule has 20 heavy (non-hydrogen) atoms. The van der Waals surface area contributed by atoms with Crippen LogP contribution in [0.5, 0.6) is 5.75 Å². The molecule has 0 fully saturated rings. The lowest BCUT2D eigenvalue weighted by molar-refractivity contribution is 0.475. The average molecular weight is 266 g/mol. The number of aromatic hydroxyl groups is 1. The Hall–Kier alpha value is -2.42. The summed E-state index contributed by atoms with van der Waals surface area (Å²) < 4.78 is 0. The number of phenols is 1. The third-order valence-corrected chi connectivity index (χ3v) is 3.60. The molecule has 3 rings (SSSR count). The molecule has 1 atom stereocenters. The number of aromatic nitrogens is 1. The van der Waals surface area contributed by atoms with Crippen LogP contribution in [0.15, 0.2) is 54.7 Å². The Balaban J connectivity index is 1.84. The first-order chi connectivity index (χ1) is 9.76. The lowest BCUT2D eigenvalue weighted by Gasteiger charge is -2.19. The second kappa shape index (κ2) is 5.29.